The van der Waals surface area contributed by atoms with Crippen molar-refractivity contribution in [3.8, 4) is 0 Å². The van der Waals surface area contributed by atoms with Crippen LogP contribution in [0.15, 0.2) is 5.16 Å². The second-order valence-electron chi connectivity index (χ2n) is 4.72. The van der Waals surface area contributed by atoms with Crippen LogP contribution in [0.1, 0.15) is 19.3 Å². The van der Waals surface area contributed by atoms with Gasteiger partial charge in [0.1, 0.15) is 0 Å². The van der Waals surface area contributed by atoms with Crippen LogP contribution in [0.3, 0.4) is 0 Å². The van der Waals surface area contributed by atoms with Gasteiger partial charge in [-0.25, -0.2) is 4.68 Å². The number of ether oxygens (including phenoxy) is 2. The van der Waals surface area contributed by atoms with Crippen LogP contribution >= 0.6 is 11.8 Å². The van der Waals surface area contributed by atoms with Gasteiger partial charge in [0, 0.05) is 38.7 Å². The molecule has 1 aromatic rings. The average Bonchev–Trinajstić information content (AvgIpc) is 3.17. The number of thioether (sulfide) groups is 1. The normalized spacial score (nSPS) is 14.8. The number of hydrogen-bond acceptors (Lipinski definition) is 7. The van der Waals surface area contributed by atoms with E-state index in [4.69, 9.17) is 9.47 Å². The van der Waals surface area contributed by atoms with Gasteiger partial charge in [0.2, 0.25) is 5.16 Å². The fraction of sp³-hybridized carbons (Fsp3) is 0.917. The molecule has 0 saturated heterocycles. The molecule has 1 fully saturated rings. The summed E-state index contributed by atoms with van der Waals surface area (Å²) in [5, 5.41) is 16.1. The molecule has 0 aliphatic heterocycles. The van der Waals surface area contributed by atoms with Crippen molar-refractivity contribution in [2.45, 2.75) is 37.0 Å². The van der Waals surface area contributed by atoms with Gasteiger partial charge in [0.15, 0.2) is 0 Å². The van der Waals surface area contributed by atoms with E-state index in [9.17, 15) is 0 Å². The maximum atomic E-state index is 5.50. The largest absolute Gasteiger partial charge is 0.385 e. The van der Waals surface area contributed by atoms with E-state index in [2.05, 4.69) is 20.8 Å². The van der Waals surface area contributed by atoms with Gasteiger partial charge in [-0.15, -0.1) is 5.10 Å². The highest BCUT2D eigenvalue weighted by atomic mass is 32.2. The van der Waals surface area contributed by atoms with E-state index in [1.807, 2.05) is 4.68 Å². The third-order valence-corrected chi connectivity index (χ3v) is 3.85. The Hall–Kier alpha value is -0.700. The lowest BCUT2D eigenvalue weighted by Gasteiger charge is -2.06. The monoisotopic (exact) mass is 301 g/mol. The summed E-state index contributed by atoms with van der Waals surface area (Å²) in [5.74, 6) is 0.864. The SMILES string of the molecule is COCCCOCCSc1nnnn1CCNC1CC1. The van der Waals surface area contributed by atoms with Crippen molar-refractivity contribution in [1.82, 2.24) is 25.5 Å². The smallest absolute Gasteiger partial charge is 0.209 e. The van der Waals surface area contributed by atoms with Crippen LogP contribution in [0.2, 0.25) is 0 Å². The highest BCUT2D eigenvalue weighted by Gasteiger charge is 2.19. The van der Waals surface area contributed by atoms with Crippen LogP contribution in [0.25, 0.3) is 0 Å². The van der Waals surface area contributed by atoms with Crippen LogP contribution in [-0.4, -0.2) is 65.5 Å². The molecule has 114 valence electrons. The first kappa shape index (κ1) is 15.7. The van der Waals surface area contributed by atoms with Gasteiger partial charge in [0.05, 0.1) is 13.2 Å². The molecule has 1 heterocycles. The molecule has 0 unspecified atom stereocenters. The van der Waals surface area contributed by atoms with E-state index in [1.165, 1.54) is 12.8 Å². The summed E-state index contributed by atoms with van der Waals surface area (Å²) in [7, 11) is 1.70. The maximum Gasteiger partial charge on any atom is 0.209 e. The highest BCUT2D eigenvalue weighted by Crippen LogP contribution is 2.18. The molecule has 0 atom stereocenters. The minimum atomic E-state index is 0.710. The Labute approximate surface area is 123 Å². The van der Waals surface area contributed by atoms with Crippen LogP contribution in [0, 0.1) is 0 Å². The Bertz CT molecular complexity index is 372. The highest BCUT2D eigenvalue weighted by molar-refractivity contribution is 7.99. The first-order valence-electron chi connectivity index (χ1n) is 7.09. The van der Waals surface area contributed by atoms with Crippen molar-refractivity contribution in [2.24, 2.45) is 0 Å². The molecule has 1 aromatic heterocycles. The zero-order chi connectivity index (χ0) is 14.0. The average molecular weight is 301 g/mol. The van der Waals surface area contributed by atoms with Gasteiger partial charge in [-0.2, -0.15) is 0 Å². The third kappa shape index (κ3) is 6.17. The van der Waals surface area contributed by atoms with Crippen molar-refractivity contribution in [3.05, 3.63) is 0 Å². The lowest BCUT2D eigenvalue weighted by atomic mass is 10.5. The van der Waals surface area contributed by atoms with Crippen molar-refractivity contribution >= 4 is 11.8 Å². The van der Waals surface area contributed by atoms with Crippen molar-refractivity contribution in [2.75, 3.05) is 39.2 Å². The molecule has 8 heteroatoms. The van der Waals surface area contributed by atoms with Gasteiger partial charge >= 0.3 is 0 Å². The third-order valence-electron chi connectivity index (χ3n) is 2.93. The van der Waals surface area contributed by atoms with Crippen molar-refractivity contribution in [1.29, 1.82) is 0 Å². The number of aromatic nitrogens is 4. The van der Waals surface area contributed by atoms with E-state index in [0.717, 1.165) is 49.7 Å². The van der Waals surface area contributed by atoms with Gasteiger partial charge in [-0.05, 0) is 29.7 Å². The summed E-state index contributed by atoms with van der Waals surface area (Å²) in [6.07, 6.45) is 3.54. The first-order valence-corrected chi connectivity index (χ1v) is 8.07. The van der Waals surface area contributed by atoms with Crippen LogP contribution in [0.4, 0.5) is 0 Å². The van der Waals surface area contributed by atoms with Crippen LogP contribution in [0.5, 0.6) is 0 Å². The Kier molecular flexibility index (Phi) is 7.27. The van der Waals surface area contributed by atoms with Gasteiger partial charge < -0.3 is 14.8 Å². The summed E-state index contributed by atoms with van der Waals surface area (Å²) in [6.45, 7) is 3.95. The van der Waals surface area contributed by atoms with Gasteiger partial charge in [-0.3, -0.25) is 0 Å². The number of hydrogen-bond donors (Lipinski definition) is 1. The molecule has 20 heavy (non-hydrogen) atoms. The summed E-state index contributed by atoms with van der Waals surface area (Å²) in [6, 6.07) is 0.725. The lowest BCUT2D eigenvalue weighted by Crippen LogP contribution is -2.22. The standard InChI is InChI=1S/C12H23N5O2S/c1-18-7-2-8-19-9-10-20-12-14-15-16-17(12)6-5-13-11-3-4-11/h11,13H,2-10H2,1H3. The Morgan fingerprint density at radius 1 is 1.35 bits per heavy atom. The zero-order valence-electron chi connectivity index (χ0n) is 12.0. The quantitative estimate of drug-likeness (QED) is 0.447. The number of tetrazole rings is 1. The molecule has 1 N–H and O–H groups in total. The van der Waals surface area contributed by atoms with E-state index >= 15 is 0 Å². The molecule has 7 nitrogen and oxygen atoms in total. The Morgan fingerprint density at radius 3 is 3.05 bits per heavy atom. The predicted molar refractivity (Wildman–Crippen MR) is 76.9 cm³/mol. The summed E-state index contributed by atoms with van der Waals surface area (Å²) in [4.78, 5) is 0. The van der Waals surface area contributed by atoms with Crippen molar-refractivity contribution < 1.29 is 9.47 Å². The molecule has 0 radical (unpaired) electrons. The lowest BCUT2D eigenvalue weighted by molar-refractivity contribution is 0.113. The number of methoxy groups -OCH3 is 1. The molecular weight excluding hydrogens is 278 g/mol. The summed E-state index contributed by atoms with van der Waals surface area (Å²) >= 11 is 1.63. The summed E-state index contributed by atoms with van der Waals surface area (Å²) < 4.78 is 12.3. The van der Waals surface area contributed by atoms with E-state index < -0.39 is 0 Å². The second kappa shape index (κ2) is 9.28. The number of nitrogens with zero attached hydrogens (tertiary/aromatic N) is 4. The van der Waals surface area contributed by atoms with Crippen molar-refractivity contribution in [3.63, 3.8) is 0 Å². The summed E-state index contributed by atoms with van der Waals surface area (Å²) in [5.41, 5.74) is 0. The molecule has 1 aliphatic carbocycles. The maximum absolute atomic E-state index is 5.50. The minimum absolute atomic E-state index is 0.710. The second-order valence-corrected chi connectivity index (χ2v) is 5.78. The minimum Gasteiger partial charge on any atom is -0.385 e. The zero-order valence-corrected chi connectivity index (χ0v) is 12.8. The van der Waals surface area contributed by atoms with Crippen LogP contribution < -0.4 is 5.32 Å². The molecule has 0 spiro atoms. The van der Waals surface area contributed by atoms with Gasteiger partial charge in [0.25, 0.3) is 0 Å². The fourth-order valence-electron chi connectivity index (χ4n) is 1.70. The molecular formula is C12H23N5O2S. The van der Waals surface area contributed by atoms with Crippen LogP contribution in [-0.2, 0) is 16.0 Å². The van der Waals surface area contributed by atoms with E-state index in [0.29, 0.717) is 6.61 Å². The molecule has 1 aliphatic rings. The predicted octanol–water partition coefficient (Wildman–Crippen LogP) is 0.570. The topological polar surface area (TPSA) is 74.1 Å². The number of rotatable bonds is 12. The first-order chi connectivity index (χ1) is 9.90. The molecule has 0 bridgehead atoms. The molecule has 1 saturated carbocycles. The molecule has 0 aromatic carbocycles. The van der Waals surface area contributed by atoms with Gasteiger partial charge in [-0.1, -0.05) is 11.8 Å². The molecule has 2 rings (SSSR count). The Morgan fingerprint density at radius 2 is 2.25 bits per heavy atom. The number of nitrogens with one attached hydrogen (secondary N) is 1. The fourth-order valence-corrected chi connectivity index (χ4v) is 2.46. The molecule has 0 amide bonds. The van der Waals surface area contributed by atoms with E-state index in [-0.39, 0.29) is 0 Å². The Balaban J connectivity index is 1.54. The van der Waals surface area contributed by atoms with E-state index in [1.54, 1.807) is 18.9 Å².